The van der Waals surface area contributed by atoms with Crippen LogP contribution in [0.4, 0.5) is 0 Å². The lowest BCUT2D eigenvalue weighted by Crippen LogP contribution is -2.38. The summed E-state index contributed by atoms with van der Waals surface area (Å²) in [5.74, 6) is 0. The van der Waals surface area contributed by atoms with Gasteiger partial charge in [-0.2, -0.15) is 0 Å². The van der Waals surface area contributed by atoms with Crippen molar-refractivity contribution >= 4 is 11.3 Å². The Morgan fingerprint density at radius 1 is 1.33 bits per heavy atom. The molecule has 1 fully saturated rings. The normalized spacial score (nSPS) is 19.5. The third kappa shape index (κ3) is 5.38. The average molecular weight is 346 g/mol. The minimum absolute atomic E-state index is 0.265. The first kappa shape index (κ1) is 17.5. The highest BCUT2D eigenvalue weighted by Gasteiger charge is 2.20. The second kappa shape index (κ2) is 8.72. The lowest BCUT2D eigenvalue weighted by Gasteiger charge is -2.27. The first-order valence-electron chi connectivity index (χ1n) is 8.66. The van der Waals surface area contributed by atoms with Crippen molar-refractivity contribution in [3.05, 3.63) is 52.0 Å². The van der Waals surface area contributed by atoms with Crippen LogP contribution < -0.4 is 0 Å². The fourth-order valence-corrected chi connectivity index (χ4v) is 3.84. The standard InChI is InChI=1S/C19H27N3OS/c1-16-20-18(15-24-16)12-21(2)13-19-14-22(9-6-10-23-19)11-17-7-4-3-5-8-17/h3-5,7-8,15,19H,6,9-14H2,1-2H3/t19-/m0/s1. The van der Waals surface area contributed by atoms with Crippen molar-refractivity contribution in [2.75, 3.05) is 33.3 Å². The number of benzene rings is 1. The minimum Gasteiger partial charge on any atom is -0.376 e. The molecule has 5 heteroatoms. The van der Waals surface area contributed by atoms with E-state index in [2.05, 4.69) is 64.5 Å². The van der Waals surface area contributed by atoms with Gasteiger partial charge in [-0.15, -0.1) is 11.3 Å². The van der Waals surface area contributed by atoms with Crippen LogP contribution in [0.15, 0.2) is 35.7 Å². The maximum Gasteiger partial charge on any atom is 0.0897 e. The fraction of sp³-hybridized carbons (Fsp3) is 0.526. The molecule has 1 saturated heterocycles. The first-order valence-corrected chi connectivity index (χ1v) is 9.54. The molecule has 0 radical (unpaired) electrons. The van der Waals surface area contributed by atoms with Crippen molar-refractivity contribution < 1.29 is 4.74 Å². The van der Waals surface area contributed by atoms with E-state index in [-0.39, 0.29) is 6.10 Å². The smallest absolute Gasteiger partial charge is 0.0897 e. The highest BCUT2D eigenvalue weighted by molar-refractivity contribution is 7.09. The van der Waals surface area contributed by atoms with Crippen LogP contribution in [0.2, 0.25) is 0 Å². The Balaban J connectivity index is 1.52. The Hall–Kier alpha value is -1.27. The second-order valence-electron chi connectivity index (χ2n) is 6.62. The van der Waals surface area contributed by atoms with Crippen LogP contribution in [0.3, 0.4) is 0 Å². The van der Waals surface area contributed by atoms with E-state index in [1.165, 1.54) is 5.56 Å². The lowest BCUT2D eigenvalue weighted by atomic mass is 10.2. The molecule has 1 aliphatic rings. The Labute approximate surface area is 149 Å². The van der Waals surface area contributed by atoms with Gasteiger partial charge in [0.05, 0.1) is 16.8 Å². The predicted molar refractivity (Wildman–Crippen MR) is 99.3 cm³/mol. The number of hydrogen-bond acceptors (Lipinski definition) is 5. The number of ether oxygens (including phenoxy) is 1. The van der Waals surface area contributed by atoms with Gasteiger partial charge in [-0.3, -0.25) is 9.80 Å². The van der Waals surface area contributed by atoms with Crippen LogP contribution in [-0.4, -0.2) is 54.2 Å². The van der Waals surface area contributed by atoms with Gasteiger partial charge in [-0.05, 0) is 26.0 Å². The van der Waals surface area contributed by atoms with E-state index in [0.29, 0.717) is 0 Å². The maximum atomic E-state index is 6.08. The van der Waals surface area contributed by atoms with Crippen molar-refractivity contribution in [1.82, 2.24) is 14.8 Å². The van der Waals surface area contributed by atoms with Crippen molar-refractivity contribution in [2.24, 2.45) is 0 Å². The quantitative estimate of drug-likeness (QED) is 0.804. The minimum atomic E-state index is 0.265. The van der Waals surface area contributed by atoms with Gasteiger partial charge in [-0.25, -0.2) is 4.98 Å². The zero-order valence-corrected chi connectivity index (χ0v) is 15.5. The number of aryl methyl sites for hydroxylation is 1. The average Bonchev–Trinajstić information content (AvgIpc) is 2.84. The topological polar surface area (TPSA) is 28.6 Å². The molecule has 1 aromatic carbocycles. The van der Waals surface area contributed by atoms with Gasteiger partial charge in [0.25, 0.3) is 0 Å². The van der Waals surface area contributed by atoms with Gasteiger partial charge < -0.3 is 4.74 Å². The summed E-state index contributed by atoms with van der Waals surface area (Å²) in [6.45, 7) is 7.87. The molecule has 24 heavy (non-hydrogen) atoms. The van der Waals surface area contributed by atoms with Crippen molar-refractivity contribution in [3.63, 3.8) is 0 Å². The van der Waals surface area contributed by atoms with E-state index in [4.69, 9.17) is 4.74 Å². The van der Waals surface area contributed by atoms with Gasteiger partial charge in [-0.1, -0.05) is 30.3 Å². The van der Waals surface area contributed by atoms with Crippen LogP contribution in [0.1, 0.15) is 22.7 Å². The van der Waals surface area contributed by atoms with Crippen LogP contribution in [0.25, 0.3) is 0 Å². The summed E-state index contributed by atoms with van der Waals surface area (Å²) in [6.07, 6.45) is 1.37. The van der Waals surface area contributed by atoms with Crippen LogP contribution in [0, 0.1) is 6.92 Å². The number of aromatic nitrogens is 1. The van der Waals surface area contributed by atoms with Gasteiger partial charge in [0.2, 0.25) is 0 Å². The van der Waals surface area contributed by atoms with Gasteiger partial charge in [0.15, 0.2) is 0 Å². The summed E-state index contributed by atoms with van der Waals surface area (Å²) in [4.78, 5) is 9.40. The molecular weight excluding hydrogens is 318 g/mol. The molecular formula is C19H27N3OS. The van der Waals surface area contributed by atoms with Crippen LogP contribution in [0.5, 0.6) is 0 Å². The van der Waals surface area contributed by atoms with E-state index in [9.17, 15) is 0 Å². The Kier molecular flexibility index (Phi) is 6.37. The zero-order chi connectivity index (χ0) is 16.8. The predicted octanol–water partition coefficient (Wildman–Crippen LogP) is 3.17. The first-order chi connectivity index (χ1) is 11.7. The molecule has 2 aromatic rings. The van der Waals surface area contributed by atoms with Gasteiger partial charge in [0, 0.05) is 44.7 Å². The molecule has 0 bridgehead atoms. The number of nitrogens with zero attached hydrogens (tertiary/aromatic N) is 3. The van der Waals surface area contributed by atoms with E-state index in [1.54, 1.807) is 11.3 Å². The molecule has 130 valence electrons. The molecule has 0 unspecified atom stereocenters. The number of rotatable bonds is 6. The van der Waals surface area contributed by atoms with Gasteiger partial charge >= 0.3 is 0 Å². The highest BCUT2D eigenvalue weighted by Crippen LogP contribution is 2.14. The largest absolute Gasteiger partial charge is 0.376 e. The van der Waals surface area contributed by atoms with Crippen molar-refractivity contribution in [2.45, 2.75) is 32.5 Å². The summed E-state index contributed by atoms with van der Waals surface area (Å²) in [7, 11) is 2.16. The second-order valence-corrected chi connectivity index (χ2v) is 7.68. The molecule has 0 aliphatic carbocycles. The Bertz CT molecular complexity index is 616. The molecule has 1 aromatic heterocycles. The van der Waals surface area contributed by atoms with E-state index < -0.39 is 0 Å². The molecule has 1 atom stereocenters. The third-order valence-corrected chi connectivity index (χ3v) is 5.12. The van der Waals surface area contributed by atoms with E-state index in [1.807, 2.05) is 0 Å². The van der Waals surface area contributed by atoms with Crippen LogP contribution in [-0.2, 0) is 17.8 Å². The summed E-state index contributed by atoms with van der Waals surface area (Å²) in [5.41, 5.74) is 2.54. The molecule has 3 rings (SSSR count). The number of thiazole rings is 1. The maximum absolute atomic E-state index is 6.08. The lowest BCUT2D eigenvalue weighted by molar-refractivity contribution is 0.0296. The van der Waals surface area contributed by atoms with Crippen LogP contribution >= 0.6 is 11.3 Å². The monoisotopic (exact) mass is 345 g/mol. The van der Waals surface area contributed by atoms with Crippen molar-refractivity contribution in [3.8, 4) is 0 Å². The van der Waals surface area contributed by atoms with Crippen molar-refractivity contribution in [1.29, 1.82) is 0 Å². The SMILES string of the molecule is Cc1nc(CN(C)C[C@H]2CN(Cc3ccccc3)CCCO2)cs1. The molecule has 0 saturated carbocycles. The number of likely N-dealkylation sites (N-methyl/N-ethyl adjacent to an activating group) is 1. The summed E-state index contributed by atoms with van der Waals surface area (Å²) in [5, 5.41) is 3.29. The number of hydrogen-bond donors (Lipinski definition) is 0. The third-order valence-electron chi connectivity index (χ3n) is 4.30. The summed E-state index contributed by atoms with van der Waals surface area (Å²) in [6, 6.07) is 10.7. The molecule has 1 aliphatic heterocycles. The summed E-state index contributed by atoms with van der Waals surface area (Å²) < 4.78 is 6.08. The van der Waals surface area contributed by atoms with E-state index >= 15 is 0 Å². The Morgan fingerprint density at radius 2 is 2.17 bits per heavy atom. The molecule has 2 heterocycles. The highest BCUT2D eigenvalue weighted by atomic mass is 32.1. The molecule has 0 spiro atoms. The molecule has 0 N–H and O–H groups in total. The summed E-state index contributed by atoms with van der Waals surface area (Å²) >= 11 is 1.72. The van der Waals surface area contributed by atoms with Gasteiger partial charge in [0.1, 0.15) is 0 Å². The fourth-order valence-electron chi connectivity index (χ4n) is 3.24. The molecule has 4 nitrogen and oxygen atoms in total. The zero-order valence-electron chi connectivity index (χ0n) is 14.6. The molecule has 0 amide bonds. The Morgan fingerprint density at radius 3 is 2.92 bits per heavy atom. The van der Waals surface area contributed by atoms with E-state index in [0.717, 1.165) is 56.5 Å².